The van der Waals surface area contributed by atoms with Gasteiger partial charge in [0, 0.05) is 11.3 Å². The number of thioether (sulfide) groups is 2. The largest absolute Gasteiger partial charge is 0.573 e. The van der Waals surface area contributed by atoms with E-state index in [1.54, 1.807) is 16.7 Å². The molecule has 13 heteroatoms. The van der Waals surface area contributed by atoms with Crippen molar-refractivity contribution in [2.45, 2.75) is 65.8 Å². The first kappa shape index (κ1) is 35.2. The lowest BCUT2D eigenvalue weighted by atomic mass is 9.99. The summed E-state index contributed by atoms with van der Waals surface area (Å²) in [5.41, 5.74) is 5.52. The lowest BCUT2D eigenvalue weighted by Crippen LogP contribution is -2.31. The van der Waals surface area contributed by atoms with Crippen LogP contribution in [-0.4, -0.2) is 54.9 Å². The van der Waals surface area contributed by atoms with Crippen molar-refractivity contribution in [1.29, 1.82) is 0 Å². The van der Waals surface area contributed by atoms with Gasteiger partial charge in [0.15, 0.2) is 16.2 Å². The molecule has 1 saturated heterocycles. The highest BCUT2D eigenvalue weighted by molar-refractivity contribution is 8.16. The van der Waals surface area contributed by atoms with Crippen LogP contribution in [0, 0.1) is 6.92 Å². The van der Waals surface area contributed by atoms with E-state index in [0.717, 1.165) is 40.1 Å². The van der Waals surface area contributed by atoms with Crippen LogP contribution < -0.4 is 9.64 Å². The molecule has 0 N–H and O–H groups in total. The van der Waals surface area contributed by atoms with Crippen LogP contribution in [0.2, 0.25) is 0 Å². The van der Waals surface area contributed by atoms with Crippen LogP contribution in [0.25, 0.3) is 17.1 Å². The lowest BCUT2D eigenvalue weighted by molar-refractivity contribution is -0.274. The molecule has 0 unspecified atom stereocenters. The fourth-order valence-electron chi connectivity index (χ4n) is 5.08. The van der Waals surface area contributed by atoms with Crippen molar-refractivity contribution in [3.05, 3.63) is 89.7 Å². The Bertz CT molecular complexity index is 1790. The molecule has 1 aliphatic heterocycles. The second-order valence-corrected chi connectivity index (χ2v) is 13.7. The number of ether oxygens (including phenoxy) is 1. The summed E-state index contributed by atoms with van der Waals surface area (Å²) in [4.78, 5) is 29.2. The molecule has 4 aromatic rings. The number of aliphatic imine (C=N–C) groups is 2. The molecule has 48 heavy (non-hydrogen) atoms. The summed E-state index contributed by atoms with van der Waals surface area (Å²) < 4.78 is 42.9. The summed E-state index contributed by atoms with van der Waals surface area (Å²) in [6.07, 6.45) is -1.59. The third-order valence-electron chi connectivity index (χ3n) is 7.34. The molecular formula is C35H37F3N6O2S2. The van der Waals surface area contributed by atoms with Crippen molar-refractivity contribution < 1.29 is 22.7 Å². The number of rotatable bonds is 10. The molecule has 1 atom stereocenters. The number of amides is 1. The first-order chi connectivity index (χ1) is 22.9. The van der Waals surface area contributed by atoms with Gasteiger partial charge >= 0.3 is 6.36 Å². The number of anilines is 1. The minimum Gasteiger partial charge on any atom is -0.406 e. The van der Waals surface area contributed by atoms with Crippen LogP contribution in [0.3, 0.4) is 0 Å². The fourth-order valence-corrected chi connectivity index (χ4v) is 6.79. The van der Waals surface area contributed by atoms with Crippen LogP contribution >= 0.6 is 23.5 Å². The molecule has 0 saturated carbocycles. The quantitative estimate of drug-likeness (QED) is 0.122. The van der Waals surface area contributed by atoms with Gasteiger partial charge in [-0.15, -0.1) is 18.3 Å². The maximum Gasteiger partial charge on any atom is 0.573 e. The molecular weight excluding hydrogens is 658 g/mol. The van der Waals surface area contributed by atoms with E-state index in [1.165, 1.54) is 47.0 Å². The molecule has 5 rings (SSSR count). The molecule has 8 nitrogen and oxygen atoms in total. The number of halogens is 3. The zero-order valence-corrected chi connectivity index (χ0v) is 29.0. The highest BCUT2D eigenvalue weighted by atomic mass is 32.2. The number of amidine groups is 2. The molecule has 0 spiro atoms. The standard InChI is InChI=1S/C35H37F3N6O2S2/c1-6-17-47-33(41-34-44(31(45)20-48-34)30-18-23(4)7-16-29(30)22(2)3)40-24(5)19-25-8-10-26(11-9-25)32-39-21-43(42-32)27-12-14-28(15-13-27)46-35(36,37)38/h7-16,18,21-22,24H,6,17,19-20H2,1-5H3/t24-/m0/s1. The zero-order chi connectivity index (χ0) is 34.4. The third kappa shape index (κ3) is 9.07. The molecule has 0 aliphatic carbocycles. The number of nitrogens with zero attached hydrogens (tertiary/aromatic N) is 6. The van der Waals surface area contributed by atoms with Crippen LogP contribution in [0.5, 0.6) is 5.75 Å². The Labute approximate surface area is 286 Å². The highest BCUT2D eigenvalue weighted by Gasteiger charge is 2.33. The molecule has 1 aromatic heterocycles. The van der Waals surface area contributed by atoms with Crippen molar-refractivity contribution in [2.75, 3.05) is 16.4 Å². The lowest BCUT2D eigenvalue weighted by Gasteiger charge is -2.22. The molecule has 1 aliphatic rings. The van der Waals surface area contributed by atoms with Gasteiger partial charge in [0.05, 0.1) is 23.2 Å². The van der Waals surface area contributed by atoms with E-state index in [9.17, 15) is 18.0 Å². The molecule has 2 heterocycles. The van der Waals surface area contributed by atoms with Crippen molar-refractivity contribution in [3.63, 3.8) is 0 Å². The maximum atomic E-state index is 13.1. The van der Waals surface area contributed by atoms with Gasteiger partial charge < -0.3 is 4.74 Å². The second-order valence-electron chi connectivity index (χ2n) is 11.7. The normalized spacial score (nSPS) is 15.5. The van der Waals surface area contributed by atoms with Gasteiger partial charge in [0.1, 0.15) is 12.1 Å². The van der Waals surface area contributed by atoms with Crippen molar-refractivity contribution in [1.82, 2.24) is 14.8 Å². The summed E-state index contributed by atoms with van der Waals surface area (Å²) in [7, 11) is 0. The van der Waals surface area contributed by atoms with E-state index in [-0.39, 0.29) is 23.6 Å². The Morgan fingerprint density at radius 2 is 1.79 bits per heavy atom. The first-order valence-electron chi connectivity index (χ1n) is 15.6. The smallest absolute Gasteiger partial charge is 0.406 e. The SMILES string of the molecule is CCCSC(=N[C@@H](C)Cc1ccc(-c2ncn(-c3ccc(OC(F)(F)F)cc3)n2)cc1)N=C1SCC(=O)N1c1cc(C)ccc1C(C)C. The predicted octanol–water partition coefficient (Wildman–Crippen LogP) is 8.83. The van der Waals surface area contributed by atoms with Crippen LogP contribution in [0.1, 0.15) is 56.7 Å². The van der Waals surface area contributed by atoms with E-state index >= 15 is 0 Å². The van der Waals surface area contributed by atoms with Crippen LogP contribution in [0.4, 0.5) is 18.9 Å². The Hall–Kier alpha value is -4.10. The van der Waals surface area contributed by atoms with Gasteiger partial charge in [0.25, 0.3) is 0 Å². The number of alkyl halides is 3. The summed E-state index contributed by atoms with van der Waals surface area (Å²) in [6.45, 7) is 10.5. The predicted molar refractivity (Wildman–Crippen MR) is 189 cm³/mol. The number of benzene rings is 3. The van der Waals surface area contributed by atoms with E-state index in [2.05, 4.69) is 60.7 Å². The van der Waals surface area contributed by atoms with Crippen LogP contribution in [-0.2, 0) is 11.2 Å². The van der Waals surface area contributed by atoms with Crippen molar-refractivity contribution in [3.8, 4) is 22.8 Å². The maximum absolute atomic E-state index is 13.1. The zero-order valence-electron chi connectivity index (χ0n) is 27.4. The number of aromatic nitrogens is 3. The molecule has 1 amide bonds. The van der Waals surface area contributed by atoms with Gasteiger partial charge in [-0.25, -0.2) is 9.67 Å². The Kier molecular flexibility index (Phi) is 11.3. The minimum absolute atomic E-state index is 0.0204. The highest BCUT2D eigenvalue weighted by Crippen LogP contribution is 2.35. The van der Waals surface area contributed by atoms with Gasteiger partial charge in [-0.1, -0.05) is 80.7 Å². The Morgan fingerprint density at radius 3 is 2.46 bits per heavy atom. The van der Waals surface area contributed by atoms with Gasteiger partial charge in [-0.2, -0.15) is 4.99 Å². The fraction of sp³-hybridized carbons (Fsp3) is 0.343. The van der Waals surface area contributed by atoms with Gasteiger partial charge in [0.2, 0.25) is 5.91 Å². The third-order valence-corrected chi connectivity index (χ3v) is 9.33. The Morgan fingerprint density at radius 1 is 1.06 bits per heavy atom. The van der Waals surface area contributed by atoms with Gasteiger partial charge in [-0.05, 0) is 79.6 Å². The first-order valence-corrected chi connectivity index (χ1v) is 17.6. The molecule has 3 aromatic carbocycles. The minimum atomic E-state index is -4.75. The van der Waals surface area contributed by atoms with E-state index in [4.69, 9.17) is 9.98 Å². The summed E-state index contributed by atoms with van der Waals surface area (Å²) in [5.74, 6) is 1.66. The number of aryl methyl sites for hydroxylation is 1. The van der Waals surface area contributed by atoms with E-state index < -0.39 is 6.36 Å². The van der Waals surface area contributed by atoms with E-state index in [1.807, 2.05) is 31.2 Å². The average Bonchev–Trinajstić information content (AvgIpc) is 3.66. The Balaban J connectivity index is 1.30. The van der Waals surface area contributed by atoms with Crippen molar-refractivity contribution >= 4 is 45.5 Å². The number of hydrogen-bond acceptors (Lipinski definition) is 7. The average molecular weight is 695 g/mol. The summed E-state index contributed by atoms with van der Waals surface area (Å²) in [6, 6.07) is 19.5. The number of carbonyl (C=O) groups excluding carboxylic acids is 1. The van der Waals surface area contributed by atoms with Gasteiger partial charge in [-0.3, -0.25) is 14.7 Å². The van der Waals surface area contributed by atoms with Crippen molar-refractivity contribution in [2.24, 2.45) is 9.98 Å². The summed E-state index contributed by atoms with van der Waals surface area (Å²) in [5, 5.41) is 5.81. The molecule has 1 fully saturated rings. The molecule has 252 valence electrons. The topological polar surface area (TPSA) is 85.0 Å². The number of hydrogen-bond donors (Lipinski definition) is 0. The molecule has 0 bridgehead atoms. The van der Waals surface area contributed by atoms with E-state index in [0.29, 0.717) is 34.0 Å². The monoisotopic (exact) mass is 694 g/mol. The van der Waals surface area contributed by atoms with Crippen LogP contribution in [0.15, 0.2) is 83.0 Å². The second kappa shape index (κ2) is 15.4. The molecule has 0 radical (unpaired) electrons. The summed E-state index contributed by atoms with van der Waals surface area (Å²) >= 11 is 3.04. The number of carbonyl (C=O) groups is 1.